The van der Waals surface area contributed by atoms with Crippen molar-refractivity contribution >= 4 is 23.7 Å². The Morgan fingerprint density at radius 2 is 1.47 bits per heavy atom. The van der Waals surface area contributed by atoms with Crippen LogP contribution >= 0.6 is 0 Å². The van der Waals surface area contributed by atoms with Crippen LogP contribution in [0.25, 0.3) is 0 Å². The number of carboxylic acid groups (broad SMARTS) is 1. The van der Waals surface area contributed by atoms with E-state index in [2.05, 4.69) is 21.3 Å². The first kappa shape index (κ1) is 25.9. The fourth-order valence-electron chi connectivity index (χ4n) is 3.43. The average molecular weight is 427 g/mol. The Labute approximate surface area is 179 Å². The van der Waals surface area contributed by atoms with Gasteiger partial charge in [-0.05, 0) is 43.6 Å². The predicted molar refractivity (Wildman–Crippen MR) is 114 cm³/mol. The van der Waals surface area contributed by atoms with Gasteiger partial charge in [0.1, 0.15) is 18.1 Å². The van der Waals surface area contributed by atoms with E-state index in [9.17, 15) is 24.3 Å². The van der Waals surface area contributed by atoms with Crippen molar-refractivity contribution in [2.45, 2.75) is 85.0 Å². The Morgan fingerprint density at radius 1 is 0.900 bits per heavy atom. The summed E-state index contributed by atoms with van der Waals surface area (Å²) in [6, 6.07) is -3.03. The second-order valence-corrected chi connectivity index (χ2v) is 9.14. The molecule has 0 aromatic heterocycles. The van der Waals surface area contributed by atoms with Crippen molar-refractivity contribution in [3.63, 3.8) is 0 Å². The van der Waals surface area contributed by atoms with Crippen LogP contribution < -0.4 is 21.3 Å². The Kier molecular flexibility index (Phi) is 10.2. The van der Waals surface area contributed by atoms with Crippen LogP contribution in [-0.2, 0) is 19.2 Å². The predicted octanol–water partition coefficient (Wildman–Crippen LogP) is 0.636. The lowest BCUT2D eigenvalue weighted by atomic mass is 9.98. The summed E-state index contributed by atoms with van der Waals surface area (Å²) in [5.41, 5.74) is 0. The van der Waals surface area contributed by atoms with E-state index >= 15 is 0 Å². The van der Waals surface area contributed by atoms with E-state index in [-0.39, 0.29) is 29.7 Å². The highest BCUT2D eigenvalue weighted by Crippen LogP contribution is 2.11. The molecule has 9 nitrogen and oxygen atoms in total. The summed E-state index contributed by atoms with van der Waals surface area (Å²) in [7, 11) is 0. The number of carbonyl (C=O) groups is 4. The molecule has 1 heterocycles. The number of hydrogen-bond acceptors (Lipinski definition) is 5. The van der Waals surface area contributed by atoms with Crippen molar-refractivity contribution in [2.24, 2.45) is 17.8 Å². The third-order valence-corrected chi connectivity index (χ3v) is 5.19. The van der Waals surface area contributed by atoms with Gasteiger partial charge < -0.3 is 26.4 Å². The largest absolute Gasteiger partial charge is 0.480 e. The van der Waals surface area contributed by atoms with Crippen molar-refractivity contribution in [3.05, 3.63) is 0 Å². The van der Waals surface area contributed by atoms with Gasteiger partial charge in [-0.15, -0.1) is 0 Å². The van der Waals surface area contributed by atoms with Crippen LogP contribution in [0.2, 0.25) is 0 Å². The minimum Gasteiger partial charge on any atom is -0.480 e. The van der Waals surface area contributed by atoms with Gasteiger partial charge in [-0.2, -0.15) is 0 Å². The van der Waals surface area contributed by atoms with Crippen molar-refractivity contribution in [1.29, 1.82) is 0 Å². The molecule has 3 amide bonds. The second kappa shape index (κ2) is 11.9. The highest BCUT2D eigenvalue weighted by Gasteiger charge is 2.33. The molecule has 1 saturated heterocycles. The maximum atomic E-state index is 13.0. The van der Waals surface area contributed by atoms with E-state index in [1.165, 1.54) is 0 Å². The standard InChI is InChI=1S/C21H38N4O5/c1-11(2)10-15(23-18(26)14-8-7-9-22-14)19(27)24-16(12(3)4)20(28)25-17(13(5)6)21(29)30/h11-17,22H,7-10H2,1-6H3,(H,23,26)(H,24,27)(H,25,28)(H,29,30). The van der Waals surface area contributed by atoms with E-state index in [0.717, 1.165) is 19.4 Å². The highest BCUT2D eigenvalue weighted by atomic mass is 16.4. The summed E-state index contributed by atoms with van der Waals surface area (Å²) >= 11 is 0. The Balaban J connectivity index is 2.88. The Bertz CT molecular complexity index is 615. The molecule has 4 atom stereocenters. The molecule has 4 unspecified atom stereocenters. The van der Waals surface area contributed by atoms with E-state index in [1.54, 1.807) is 27.7 Å². The maximum Gasteiger partial charge on any atom is 0.326 e. The topological polar surface area (TPSA) is 137 Å². The third-order valence-electron chi connectivity index (χ3n) is 5.19. The lowest BCUT2D eigenvalue weighted by Gasteiger charge is -2.28. The lowest BCUT2D eigenvalue weighted by Crippen LogP contribution is -2.59. The van der Waals surface area contributed by atoms with E-state index < -0.39 is 35.9 Å². The minimum absolute atomic E-state index is 0.154. The number of aliphatic carboxylic acids is 1. The van der Waals surface area contributed by atoms with Gasteiger partial charge in [0.05, 0.1) is 6.04 Å². The average Bonchev–Trinajstić information content (AvgIpc) is 3.16. The SMILES string of the molecule is CC(C)CC(NC(=O)C1CCCN1)C(=O)NC(C(=O)NC(C(=O)O)C(C)C)C(C)C. The molecule has 30 heavy (non-hydrogen) atoms. The van der Waals surface area contributed by atoms with Crippen molar-refractivity contribution in [1.82, 2.24) is 21.3 Å². The normalized spacial score (nSPS) is 19.4. The second-order valence-electron chi connectivity index (χ2n) is 9.14. The molecule has 1 aliphatic rings. The summed E-state index contributed by atoms with van der Waals surface area (Å²) in [5, 5.41) is 20.5. The van der Waals surface area contributed by atoms with Crippen molar-refractivity contribution in [3.8, 4) is 0 Å². The number of carbonyl (C=O) groups excluding carboxylic acids is 3. The van der Waals surface area contributed by atoms with Gasteiger partial charge in [0.15, 0.2) is 0 Å². The van der Waals surface area contributed by atoms with E-state index in [0.29, 0.717) is 6.42 Å². The van der Waals surface area contributed by atoms with E-state index in [1.807, 2.05) is 13.8 Å². The number of rotatable bonds is 11. The zero-order chi connectivity index (χ0) is 23.0. The number of hydrogen-bond donors (Lipinski definition) is 5. The molecule has 0 aromatic rings. The van der Waals surface area contributed by atoms with Crippen LogP contribution in [-0.4, -0.2) is 59.5 Å². The first-order valence-electron chi connectivity index (χ1n) is 10.8. The molecule has 0 aliphatic carbocycles. The highest BCUT2D eigenvalue weighted by molar-refractivity contribution is 5.94. The van der Waals surface area contributed by atoms with Crippen LogP contribution in [0.15, 0.2) is 0 Å². The first-order valence-corrected chi connectivity index (χ1v) is 10.8. The summed E-state index contributed by atoms with van der Waals surface area (Å²) < 4.78 is 0. The van der Waals surface area contributed by atoms with Crippen LogP contribution in [0, 0.1) is 17.8 Å². The van der Waals surface area contributed by atoms with Gasteiger partial charge in [0.2, 0.25) is 17.7 Å². The van der Waals surface area contributed by atoms with Gasteiger partial charge in [-0.1, -0.05) is 41.5 Å². The van der Waals surface area contributed by atoms with Crippen LogP contribution in [0.5, 0.6) is 0 Å². The van der Waals surface area contributed by atoms with Crippen LogP contribution in [0.3, 0.4) is 0 Å². The Morgan fingerprint density at radius 3 is 1.90 bits per heavy atom. The Hall–Kier alpha value is -2.16. The summed E-state index contributed by atoms with van der Waals surface area (Å²) in [5.74, 6) is -2.75. The monoisotopic (exact) mass is 426 g/mol. The fourth-order valence-corrected chi connectivity index (χ4v) is 3.43. The van der Waals surface area contributed by atoms with Crippen LogP contribution in [0.4, 0.5) is 0 Å². The van der Waals surface area contributed by atoms with Crippen molar-refractivity contribution in [2.75, 3.05) is 6.54 Å². The number of nitrogens with one attached hydrogen (secondary N) is 4. The minimum atomic E-state index is -1.12. The molecule has 0 bridgehead atoms. The molecule has 5 N–H and O–H groups in total. The van der Waals surface area contributed by atoms with E-state index in [4.69, 9.17) is 0 Å². The maximum absolute atomic E-state index is 13.0. The molecule has 1 aliphatic heterocycles. The van der Waals surface area contributed by atoms with Gasteiger partial charge in [-0.25, -0.2) is 4.79 Å². The molecule has 0 saturated carbocycles. The number of carboxylic acids is 1. The molecule has 0 radical (unpaired) electrons. The molecule has 0 aromatic carbocycles. The molecule has 9 heteroatoms. The molecule has 172 valence electrons. The first-order chi connectivity index (χ1) is 13.9. The van der Waals surface area contributed by atoms with Gasteiger partial charge in [0, 0.05) is 0 Å². The quantitative estimate of drug-likeness (QED) is 0.329. The van der Waals surface area contributed by atoms with Gasteiger partial charge in [-0.3, -0.25) is 14.4 Å². The summed E-state index contributed by atoms with van der Waals surface area (Å²) in [4.78, 5) is 49.6. The van der Waals surface area contributed by atoms with Crippen LogP contribution in [0.1, 0.15) is 60.8 Å². The molecule has 0 spiro atoms. The molecular formula is C21H38N4O5. The molecular weight excluding hydrogens is 388 g/mol. The zero-order valence-electron chi connectivity index (χ0n) is 19.0. The summed E-state index contributed by atoms with van der Waals surface area (Å²) in [6.45, 7) is 11.6. The lowest BCUT2D eigenvalue weighted by molar-refractivity contribution is -0.144. The zero-order valence-corrected chi connectivity index (χ0v) is 19.0. The van der Waals surface area contributed by atoms with Crippen molar-refractivity contribution < 1.29 is 24.3 Å². The number of amides is 3. The fraction of sp³-hybridized carbons (Fsp3) is 0.810. The molecule has 1 fully saturated rings. The third kappa shape index (κ3) is 7.93. The van der Waals surface area contributed by atoms with Gasteiger partial charge >= 0.3 is 5.97 Å². The van der Waals surface area contributed by atoms with Gasteiger partial charge in [0.25, 0.3) is 0 Å². The summed E-state index contributed by atoms with van der Waals surface area (Å²) in [6.07, 6.45) is 2.07. The smallest absolute Gasteiger partial charge is 0.326 e. The molecule has 1 rings (SSSR count).